The standard InChI is InChI=1S/C13H20Cl2N2O/c1-4-18-13(2,3)12(17-16)8-9-7-10(14)5-6-11(9)15/h5-7,12,17H,4,8,16H2,1-3H3. The van der Waals surface area contributed by atoms with Gasteiger partial charge in [-0.2, -0.15) is 0 Å². The maximum Gasteiger partial charge on any atom is 0.0795 e. The van der Waals surface area contributed by atoms with Crippen LogP contribution >= 0.6 is 23.2 Å². The summed E-state index contributed by atoms with van der Waals surface area (Å²) in [6.45, 7) is 6.59. The second-order valence-electron chi connectivity index (χ2n) is 4.70. The van der Waals surface area contributed by atoms with Crippen molar-refractivity contribution in [3.8, 4) is 0 Å². The minimum atomic E-state index is -0.380. The monoisotopic (exact) mass is 290 g/mol. The summed E-state index contributed by atoms with van der Waals surface area (Å²) in [5.41, 5.74) is 3.37. The third-order valence-electron chi connectivity index (χ3n) is 2.99. The van der Waals surface area contributed by atoms with Crippen molar-refractivity contribution in [3.05, 3.63) is 33.8 Å². The highest BCUT2D eigenvalue weighted by Crippen LogP contribution is 2.25. The number of halogens is 2. The van der Waals surface area contributed by atoms with E-state index in [9.17, 15) is 0 Å². The molecule has 1 rings (SSSR count). The lowest BCUT2D eigenvalue weighted by molar-refractivity contribution is -0.0380. The lowest BCUT2D eigenvalue weighted by Crippen LogP contribution is -2.52. The van der Waals surface area contributed by atoms with E-state index in [-0.39, 0.29) is 11.6 Å². The van der Waals surface area contributed by atoms with Gasteiger partial charge in [0, 0.05) is 16.7 Å². The van der Waals surface area contributed by atoms with Gasteiger partial charge in [0.15, 0.2) is 0 Å². The number of nitrogens with one attached hydrogen (secondary N) is 1. The normalized spacial score (nSPS) is 13.7. The molecule has 5 heteroatoms. The van der Waals surface area contributed by atoms with E-state index in [0.29, 0.717) is 23.1 Å². The van der Waals surface area contributed by atoms with E-state index >= 15 is 0 Å². The lowest BCUT2D eigenvalue weighted by Gasteiger charge is -2.34. The SMILES string of the molecule is CCOC(C)(C)C(Cc1cc(Cl)ccc1Cl)NN. The van der Waals surface area contributed by atoms with E-state index in [1.165, 1.54) is 0 Å². The Bertz CT molecular complexity index is 397. The van der Waals surface area contributed by atoms with Crippen LogP contribution in [0.25, 0.3) is 0 Å². The molecule has 0 saturated carbocycles. The molecule has 1 aromatic rings. The molecule has 0 radical (unpaired) electrons. The second-order valence-corrected chi connectivity index (χ2v) is 5.54. The van der Waals surface area contributed by atoms with Crippen molar-refractivity contribution in [3.63, 3.8) is 0 Å². The molecule has 0 bridgehead atoms. The zero-order chi connectivity index (χ0) is 13.8. The number of ether oxygens (including phenoxy) is 1. The highest BCUT2D eigenvalue weighted by Gasteiger charge is 2.29. The molecule has 0 saturated heterocycles. The van der Waals surface area contributed by atoms with Crippen LogP contribution in [0.2, 0.25) is 10.0 Å². The second kappa shape index (κ2) is 6.73. The summed E-state index contributed by atoms with van der Waals surface area (Å²) in [6.07, 6.45) is 0.656. The van der Waals surface area contributed by atoms with Crippen molar-refractivity contribution < 1.29 is 4.74 Å². The number of hydrazine groups is 1. The molecule has 0 aliphatic rings. The van der Waals surface area contributed by atoms with Crippen LogP contribution in [0.15, 0.2) is 18.2 Å². The first-order valence-electron chi connectivity index (χ1n) is 5.94. The number of hydrogen-bond donors (Lipinski definition) is 2. The smallest absolute Gasteiger partial charge is 0.0795 e. The molecule has 1 aromatic carbocycles. The number of benzene rings is 1. The zero-order valence-corrected chi connectivity index (χ0v) is 12.5. The molecule has 0 aliphatic heterocycles. The molecule has 3 N–H and O–H groups in total. The Kier molecular flexibility index (Phi) is 5.89. The Morgan fingerprint density at radius 2 is 2.06 bits per heavy atom. The molecule has 0 aliphatic carbocycles. The Balaban J connectivity index is 2.89. The third kappa shape index (κ3) is 4.11. The van der Waals surface area contributed by atoms with Gasteiger partial charge in [0.2, 0.25) is 0 Å². The van der Waals surface area contributed by atoms with Crippen LogP contribution in [-0.2, 0) is 11.2 Å². The summed E-state index contributed by atoms with van der Waals surface area (Å²) >= 11 is 12.1. The molecule has 0 amide bonds. The van der Waals surface area contributed by atoms with Gasteiger partial charge >= 0.3 is 0 Å². The van der Waals surface area contributed by atoms with Gasteiger partial charge in [0.25, 0.3) is 0 Å². The van der Waals surface area contributed by atoms with Crippen LogP contribution in [0.4, 0.5) is 0 Å². The molecule has 1 unspecified atom stereocenters. The molecule has 102 valence electrons. The molecule has 0 fully saturated rings. The fourth-order valence-electron chi connectivity index (χ4n) is 1.90. The molecular weight excluding hydrogens is 271 g/mol. The predicted molar refractivity (Wildman–Crippen MR) is 77.0 cm³/mol. The van der Waals surface area contributed by atoms with E-state index in [1.807, 2.05) is 26.8 Å². The van der Waals surface area contributed by atoms with E-state index in [1.54, 1.807) is 12.1 Å². The van der Waals surface area contributed by atoms with E-state index in [2.05, 4.69) is 5.43 Å². The summed E-state index contributed by atoms with van der Waals surface area (Å²) in [4.78, 5) is 0. The van der Waals surface area contributed by atoms with E-state index in [0.717, 1.165) is 5.56 Å². The van der Waals surface area contributed by atoms with Gasteiger partial charge in [-0.3, -0.25) is 11.3 Å². The van der Waals surface area contributed by atoms with Gasteiger partial charge < -0.3 is 4.74 Å². The van der Waals surface area contributed by atoms with Crippen LogP contribution in [0.1, 0.15) is 26.3 Å². The maximum absolute atomic E-state index is 6.16. The lowest BCUT2D eigenvalue weighted by atomic mass is 9.92. The summed E-state index contributed by atoms with van der Waals surface area (Å²) < 4.78 is 5.71. The minimum absolute atomic E-state index is 0.0478. The van der Waals surface area contributed by atoms with Crippen LogP contribution in [0, 0.1) is 0 Å². The Morgan fingerprint density at radius 3 is 2.61 bits per heavy atom. The first kappa shape index (κ1) is 15.7. The van der Waals surface area contributed by atoms with Gasteiger partial charge in [0.1, 0.15) is 0 Å². The predicted octanol–water partition coefficient (Wildman–Crippen LogP) is 3.18. The number of nitrogens with two attached hydrogens (primary N) is 1. The van der Waals surface area contributed by atoms with Crippen molar-refractivity contribution in [2.45, 2.75) is 38.8 Å². The molecule has 3 nitrogen and oxygen atoms in total. The van der Waals surface area contributed by atoms with Crippen molar-refractivity contribution in [2.24, 2.45) is 5.84 Å². The van der Waals surface area contributed by atoms with Crippen molar-refractivity contribution >= 4 is 23.2 Å². The van der Waals surface area contributed by atoms with E-state index < -0.39 is 0 Å². The van der Waals surface area contributed by atoms with E-state index in [4.69, 9.17) is 33.8 Å². The molecule has 1 atom stereocenters. The fourth-order valence-corrected chi connectivity index (χ4v) is 2.29. The molecule has 0 aromatic heterocycles. The Hall–Kier alpha value is -0.320. The summed E-state index contributed by atoms with van der Waals surface area (Å²) in [7, 11) is 0. The van der Waals surface area contributed by atoms with Crippen molar-refractivity contribution in [1.82, 2.24) is 5.43 Å². The fraction of sp³-hybridized carbons (Fsp3) is 0.538. The van der Waals surface area contributed by atoms with Crippen LogP contribution in [-0.4, -0.2) is 18.2 Å². The summed E-state index contributed by atoms with van der Waals surface area (Å²) in [5, 5.41) is 1.35. The first-order valence-corrected chi connectivity index (χ1v) is 6.70. The average Bonchev–Trinajstić information content (AvgIpc) is 2.29. The summed E-state index contributed by atoms with van der Waals surface area (Å²) in [5.74, 6) is 5.62. The first-order chi connectivity index (χ1) is 8.40. The topological polar surface area (TPSA) is 47.3 Å². The van der Waals surface area contributed by atoms with Crippen molar-refractivity contribution in [1.29, 1.82) is 0 Å². The molecular formula is C13H20Cl2N2O. The summed E-state index contributed by atoms with van der Waals surface area (Å²) in [6, 6.07) is 5.37. The van der Waals surface area contributed by atoms with Gasteiger partial charge in [-0.25, -0.2) is 0 Å². The van der Waals surface area contributed by atoms with Crippen LogP contribution in [0.5, 0.6) is 0 Å². The highest BCUT2D eigenvalue weighted by atomic mass is 35.5. The maximum atomic E-state index is 6.16. The van der Waals surface area contributed by atoms with Gasteiger partial charge in [-0.15, -0.1) is 0 Å². The molecule has 0 spiro atoms. The third-order valence-corrected chi connectivity index (χ3v) is 3.59. The van der Waals surface area contributed by atoms with Crippen LogP contribution in [0.3, 0.4) is 0 Å². The Labute approximate surface area is 119 Å². The quantitative estimate of drug-likeness (QED) is 0.625. The van der Waals surface area contributed by atoms with Crippen molar-refractivity contribution in [2.75, 3.05) is 6.61 Å². The number of rotatable bonds is 6. The van der Waals surface area contributed by atoms with Gasteiger partial charge in [-0.1, -0.05) is 23.2 Å². The highest BCUT2D eigenvalue weighted by molar-refractivity contribution is 6.33. The van der Waals surface area contributed by atoms with Gasteiger partial charge in [0.05, 0.1) is 11.6 Å². The minimum Gasteiger partial charge on any atom is -0.374 e. The number of hydrogen-bond acceptors (Lipinski definition) is 3. The zero-order valence-electron chi connectivity index (χ0n) is 11.0. The average molecular weight is 291 g/mol. The largest absolute Gasteiger partial charge is 0.374 e. The Morgan fingerprint density at radius 1 is 1.39 bits per heavy atom. The van der Waals surface area contributed by atoms with Crippen LogP contribution < -0.4 is 11.3 Å². The molecule has 0 heterocycles. The molecule has 18 heavy (non-hydrogen) atoms. The van der Waals surface area contributed by atoms with Gasteiger partial charge in [-0.05, 0) is 51.0 Å².